The van der Waals surface area contributed by atoms with Gasteiger partial charge in [-0.15, -0.1) is 0 Å². The molecule has 1 heterocycles. The lowest BCUT2D eigenvalue weighted by Crippen LogP contribution is -2.21. The third-order valence-corrected chi connectivity index (χ3v) is 6.84. The molecular formula is C29H28N2O5. The summed E-state index contributed by atoms with van der Waals surface area (Å²) in [7, 11) is 1.58. The minimum Gasteiger partial charge on any atom is -0.511 e. The number of ketones is 2. The van der Waals surface area contributed by atoms with Crippen LogP contribution in [0.25, 0.3) is 0 Å². The lowest BCUT2D eigenvalue weighted by Gasteiger charge is -2.20. The zero-order valence-electron chi connectivity index (χ0n) is 20.2. The van der Waals surface area contributed by atoms with E-state index in [4.69, 9.17) is 14.3 Å². The molecule has 7 heteroatoms. The van der Waals surface area contributed by atoms with Crippen LogP contribution in [0.15, 0.2) is 75.4 Å². The Morgan fingerprint density at radius 1 is 1.08 bits per heavy atom. The molecule has 0 bridgehead atoms. The molecule has 1 aromatic heterocycles. The molecular weight excluding hydrogens is 456 g/mol. The van der Waals surface area contributed by atoms with Crippen LogP contribution >= 0.6 is 0 Å². The van der Waals surface area contributed by atoms with Crippen LogP contribution in [-0.2, 0) is 17.6 Å². The molecule has 36 heavy (non-hydrogen) atoms. The van der Waals surface area contributed by atoms with Crippen LogP contribution in [-0.4, -0.2) is 34.7 Å². The van der Waals surface area contributed by atoms with Crippen LogP contribution in [0.3, 0.4) is 0 Å². The number of carbonyl (C=O) groups is 2. The maximum atomic E-state index is 13.1. The third-order valence-electron chi connectivity index (χ3n) is 6.84. The van der Waals surface area contributed by atoms with Gasteiger partial charge in [-0.2, -0.15) is 0 Å². The SMILES string of the molecule is COc1cccc(N=C(CCc2noc3c2C(=O)CC(c2ccccc2)C3)C2=C(O)CCCC2=O)c1. The van der Waals surface area contributed by atoms with Gasteiger partial charge in [0.05, 0.1) is 35.3 Å². The molecule has 0 spiro atoms. The van der Waals surface area contributed by atoms with Gasteiger partial charge in [0.15, 0.2) is 11.6 Å². The summed E-state index contributed by atoms with van der Waals surface area (Å²) < 4.78 is 10.9. The second-order valence-corrected chi connectivity index (χ2v) is 9.22. The van der Waals surface area contributed by atoms with E-state index in [-0.39, 0.29) is 28.8 Å². The molecule has 0 fully saturated rings. The van der Waals surface area contributed by atoms with Gasteiger partial charge in [-0.3, -0.25) is 14.6 Å². The zero-order valence-corrected chi connectivity index (χ0v) is 20.2. The standard InChI is InChI=1S/C29H28N2O5/c1-35-21-10-5-9-20(17-21)30-22(28-24(32)11-6-12-25(28)33)13-14-23-29-26(34)15-19(16-27(29)36-31-23)18-7-3-2-4-8-18/h2-5,7-10,17,19,32H,6,11-16H2,1H3. The van der Waals surface area contributed by atoms with Crippen molar-refractivity contribution in [2.24, 2.45) is 4.99 Å². The molecule has 0 saturated carbocycles. The fourth-order valence-corrected chi connectivity index (χ4v) is 5.04. The Hall–Kier alpha value is -4.00. The van der Waals surface area contributed by atoms with E-state index >= 15 is 0 Å². The summed E-state index contributed by atoms with van der Waals surface area (Å²) in [6, 6.07) is 17.2. The van der Waals surface area contributed by atoms with Crippen molar-refractivity contribution in [3.8, 4) is 5.75 Å². The highest BCUT2D eigenvalue weighted by molar-refractivity contribution is 6.23. The van der Waals surface area contributed by atoms with E-state index < -0.39 is 0 Å². The molecule has 0 aliphatic heterocycles. The van der Waals surface area contributed by atoms with Crippen LogP contribution in [0.1, 0.15) is 65.4 Å². The van der Waals surface area contributed by atoms with Crippen molar-refractivity contribution in [1.29, 1.82) is 0 Å². The third kappa shape index (κ3) is 4.87. The molecule has 1 atom stereocenters. The summed E-state index contributed by atoms with van der Waals surface area (Å²) in [5.41, 5.74) is 3.61. The number of aliphatic hydroxyl groups is 1. The molecule has 0 radical (unpaired) electrons. The largest absolute Gasteiger partial charge is 0.511 e. The van der Waals surface area contributed by atoms with Crippen molar-refractivity contribution in [1.82, 2.24) is 5.16 Å². The van der Waals surface area contributed by atoms with Crippen molar-refractivity contribution in [2.45, 2.75) is 50.9 Å². The maximum Gasteiger partial charge on any atom is 0.168 e. The fourth-order valence-electron chi connectivity index (χ4n) is 5.04. The number of nitrogens with zero attached hydrogens (tertiary/aromatic N) is 2. The number of aliphatic hydroxyl groups excluding tert-OH is 1. The predicted molar refractivity (Wildman–Crippen MR) is 135 cm³/mol. The first kappa shape index (κ1) is 23.7. The molecule has 1 unspecified atom stereocenters. The van der Waals surface area contributed by atoms with E-state index in [1.165, 1.54) is 0 Å². The van der Waals surface area contributed by atoms with Crippen LogP contribution in [0.5, 0.6) is 5.75 Å². The van der Waals surface area contributed by atoms with E-state index in [2.05, 4.69) is 5.16 Å². The van der Waals surface area contributed by atoms with Crippen LogP contribution in [0, 0.1) is 0 Å². The Labute approximate surface area is 209 Å². The summed E-state index contributed by atoms with van der Waals surface area (Å²) in [6.45, 7) is 0. The van der Waals surface area contributed by atoms with Gasteiger partial charge < -0.3 is 14.4 Å². The summed E-state index contributed by atoms with van der Waals surface area (Å²) in [6.07, 6.45) is 3.15. The van der Waals surface area contributed by atoms with E-state index in [9.17, 15) is 14.7 Å². The number of hydrogen-bond donors (Lipinski definition) is 1. The van der Waals surface area contributed by atoms with E-state index in [1.807, 2.05) is 48.5 Å². The second kappa shape index (κ2) is 10.3. The highest BCUT2D eigenvalue weighted by Gasteiger charge is 2.33. The van der Waals surface area contributed by atoms with Gasteiger partial charge in [-0.05, 0) is 42.9 Å². The lowest BCUT2D eigenvalue weighted by atomic mass is 9.81. The Kier molecular flexibility index (Phi) is 6.80. The molecule has 3 aromatic rings. The normalized spacial score (nSPS) is 18.4. The number of allylic oxidation sites excluding steroid dienone is 2. The van der Waals surface area contributed by atoms with Gasteiger partial charge in [0.25, 0.3) is 0 Å². The van der Waals surface area contributed by atoms with E-state index in [0.29, 0.717) is 79.1 Å². The zero-order chi connectivity index (χ0) is 25.1. The number of hydrogen-bond acceptors (Lipinski definition) is 7. The molecule has 2 aromatic carbocycles. The van der Waals surface area contributed by atoms with E-state index in [0.717, 1.165) is 5.56 Å². The van der Waals surface area contributed by atoms with Crippen LogP contribution in [0.4, 0.5) is 5.69 Å². The molecule has 5 rings (SSSR count). The fraction of sp³-hybridized carbons (Fsp3) is 0.310. The Bertz CT molecular complexity index is 1350. The quantitative estimate of drug-likeness (QED) is 0.421. The molecule has 0 amide bonds. The average molecular weight is 485 g/mol. The first-order valence-electron chi connectivity index (χ1n) is 12.3. The number of aryl methyl sites for hydroxylation is 1. The summed E-state index contributed by atoms with van der Waals surface area (Å²) >= 11 is 0. The average Bonchev–Trinajstić information content (AvgIpc) is 3.31. The van der Waals surface area contributed by atoms with Crippen LogP contribution < -0.4 is 4.74 Å². The van der Waals surface area contributed by atoms with Gasteiger partial charge in [-0.25, -0.2) is 0 Å². The van der Waals surface area contributed by atoms with Crippen molar-refractivity contribution in [3.63, 3.8) is 0 Å². The number of methoxy groups -OCH3 is 1. The summed E-state index contributed by atoms with van der Waals surface area (Å²) in [5.74, 6) is 1.29. The molecule has 184 valence electrons. The lowest BCUT2D eigenvalue weighted by molar-refractivity contribution is -0.115. The number of aromatic nitrogens is 1. The molecule has 7 nitrogen and oxygen atoms in total. The van der Waals surface area contributed by atoms with Crippen molar-refractivity contribution < 1.29 is 24.0 Å². The topological polar surface area (TPSA) is 102 Å². The van der Waals surface area contributed by atoms with E-state index in [1.54, 1.807) is 13.2 Å². The van der Waals surface area contributed by atoms with Gasteiger partial charge in [-0.1, -0.05) is 41.6 Å². The number of fused-ring (bicyclic) bond motifs is 1. The molecule has 2 aliphatic rings. The first-order chi connectivity index (χ1) is 17.5. The molecule has 1 N–H and O–H groups in total. The Morgan fingerprint density at radius 3 is 2.69 bits per heavy atom. The summed E-state index contributed by atoms with van der Waals surface area (Å²) in [5, 5.41) is 14.8. The smallest absolute Gasteiger partial charge is 0.168 e. The number of aliphatic imine (C=N–C) groups is 1. The number of rotatable bonds is 7. The van der Waals surface area contributed by atoms with Crippen molar-refractivity contribution >= 4 is 23.0 Å². The predicted octanol–water partition coefficient (Wildman–Crippen LogP) is 5.87. The Balaban J connectivity index is 1.43. The number of benzene rings is 2. The van der Waals surface area contributed by atoms with Gasteiger partial charge in [0.1, 0.15) is 17.3 Å². The minimum absolute atomic E-state index is 0.0171. The second-order valence-electron chi connectivity index (χ2n) is 9.22. The van der Waals surface area contributed by atoms with Gasteiger partial charge in [0.2, 0.25) is 0 Å². The highest BCUT2D eigenvalue weighted by atomic mass is 16.5. The molecule has 0 saturated heterocycles. The highest BCUT2D eigenvalue weighted by Crippen LogP contribution is 2.35. The Morgan fingerprint density at radius 2 is 1.92 bits per heavy atom. The number of Topliss-reactive ketones (excluding diaryl/α,β-unsaturated/α-hetero) is 2. The van der Waals surface area contributed by atoms with Gasteiger partial charge >= 0.3 is 0 Å². The first-order valence-corrected chi connectivity index (χ1v) is 12.3. The minimum atomic E-state index is -0.121. The number of ether oxygens (including phenoxy) is 1. The number of carbonyl (C=O) groups excluding carboxylic acids is 2. The molecule has 2 aliphatic carbocycles. The monoisotopic (exact) mass is 484 g/mol. The van der Waals surface area contributed by atoms with Crippen molar-refractivity contribution in [3.05, 3.63) is 88.5 Å². The maximum absolute atomic E-state index is 13.1. The van der Waals surface area contributed by atoms with Crippen molar-refractivity contribution in [2.75, 3.05) is 7.11 Å². The summed E-state index contributed by atoms with van der Waals surface area (Å²) in [4.78, 5) is 30.6. The van der Waals surface area contributed by atoms with Crippen LogP contribution in [0.2, 0.25) is 0 Å². The van der Waals surface area contributed by atoms with Gasteiger partial charge in [0, 0.05) is 31.7 Å².